The van der Waals surface area contributed by atoms with Crippen molar-refractivity contribution in [2.75, 3.05) is 0 Å². The van der Waals surface area contributed by atoms with Crippen molar-refractivity contribution in [3.63, 3.8) is 0 Å². The molecule has 0 atom stereocenters. The second-order valence-electron chi connectivity index (χ2n) is 2.74. The van der Waals surface area contributed by atoms with Crippen LogP contribution in [-0.2, 0) is 20.2 Å². The fraction of sp³-hybridized carbons (Fsp3) is 0. The Balaban J connectivity index is 0. The average molecular weight is 310 g/mol. The number of phenolic OH excluding ortho intramolecular Hbond substituents is 2. The van der Waals surface area contributed by atoms with Gasteiger partial charge in [-0.2, -0.15) is 16.8 Å². The number of phenols is 2. The van der Waals surface area contributed by atoms with E-state index in [9.17, 15) is 16.8 Å². The largest absolute Gasteiger partial charge is 1.00 e. The van der Waals surface area contributed by atoms with E-state index in [1.165, 1.54) is 0 Å². The molecule has 0 heterocycles. The third-order valence-corrected chi connectivity index (χ3v) is 3.30. The molecule has 0 aliphatic rings. The Morgan fingerprint density at radius 3 is 1.76 bits per heavy atom. The Hall–Kier alpha value is 0.276. The zero-order valence-corrected chi connectivity index (χ0v) is 13.1. The van der Waals surface area contributed by atoms with E-state index in [-0.39, 0.29) is 52.8 Å². The minimum absolute atomic E-state index is 0. The molecule has 0 aliphatic heterocycles. The normalized spacial score (nSPS) is 11.9. The van der Waals surface area contributed by atoms with Gasteiger partial charge in [0.05, 0.1) is 4.90 Å². The molecule has 0 bridgehead atoms. The Labute approximate surface area is 141 Å². The van der Waals surface area contributed by atoms with Crippen LogP contribution >= 0.6 is 0 Å². The van der Waals surface area contributed by atoms with Crippen molar-refractivity contribution < 1.29 is 89.0 Å². The molecular weight excluding hydrogens is 303 g/mol. The molecule has 1 aromatic carbocycles. The predicted molar refractivity (Wildman–Crippen MR) is 50.5 cm³/mol. The first-order chi connectivity index (χ1) is 7.03. The second kappa shape index (κ2) is 5.50. The van der Waals surface area contributed by atoms with Crippen LogP contribution in [0.4, 0.5) is 0 Å². The minimum atomic E-state index is -4.92. The van der Waals surface area contributed by atoms with E-state index < -0.39 is 41.5 Å². The van der Waals surface area contributed by atoms with Crippen LogP contribution < -0.4 is 51.4 Å². The molecule has 17 heavy (non-hydrogen) atoms. The van der Waals surface area contributed by atoms with Gasteiger partial charge in [0.15, 0.2) is 11.5 Å². The molecule has 0 spiro atoms. The molecule has 8 nitrogen and oxygen atoms in total. The number of hydrogen-bond donors (Lipinski definition) is 4. The first-order valence-electron chi connectivity index (χ1n) is 3.54. The molecule has 0 amide bonds. The van der Waals surface area contributed by atoms with Crippen molar-refractivity contribution in [3.8, 4) is 11.5 Å². The van der Waals surface area contributed by atoms with Crippen LogP contribution in [0.1, 0.15) is 1.43 Å². The van der Waals surface area contributed by atoms with Gasteiger partial charge in [-0.05, 0) is 6.07 Å². The number of benzene rings is 1. The van der Waals surface area contributed by atoms with Gasteiger partial charge in [0.2, 0.25) is 0 Å². The summed E-state index contributed by atoms with van der Waals surface area (Å²) in [6, 6.07) is 0.735. The summed E-state index contributed by atoms with van der Waals surface area (Å²) in [5, 5.41) is 18.1. The molecule has 0 aliphatic carbocycles. The van der Waals surface area contributed by atoms with Gasteiger partial charge in [-0.25, -0.2) is 0 Å². The standard InChI is InChI=1S/C6H6O8S2.K.H/c7-4-1-3(15(9,10)11)2-5(6(4)8)16(12,13)14;;/h1-2,7-8H,(H,9,10,11)(H,12,13,14);;/q;+1;-1. The fourth-order valence-corrected chi connectivity index (χ4v) is 2.14. The van der Waals surface area contributed by atoms with E-state index in [2.05, 4.69) is 0 Å². The average Bonchev–Trinajstić information content (AvgIpc) is 2.05. The molecule has 0 saturated carbocycles. The molecule has 11 heteroatoms. The van der Waals surface area contributed by atoms with Crippen LogP contribution in [-0.4, -0.2) is 36.2 Å². The Morgan fingerprint density at radius 1 is 0.941 bits per heavy atom. The van der Waals surface area contributed by atoms with Gasteiger partial charge >= 0.3 is 51.4 Å². The molecular formula is C6H7KO8S2. The van der Waals surface area contributed by atoms with Crippen molar-refractivity contribution in [1.29, 1.82) is 0 Å². The topological polar surface area (TPSA) is 149 Å². The molecule has 0 aromatic heterocycles. The van der Waals surface area contributed by atoms with Gasteiger partial charge in [-0.1, -0.05) is 0 Å². The van der Waals surface area contributed by atoms with Crippen LogP contribution in [0.3, 0.4) is 0 Å². The summed E-state index contributed by atoms with van der Waals surface area (Å²) in [5.41, 5.74) is 0. The van der Waals surface area contributed by atoms with E-state index in [0.717, 1.165) is 0 Å². The van der Waals surface area contributed by atoms with Gasteiger partial charge in [-0.3, -0.25) is 9.11 Å². The summed E-state index contributed by atoms with van der Waals surface area (Å²) < 4.78 is 59.9. The van der Waals surface area contributed by atoms with Gasteiger partial charge in [-0.15, -0.1) is 0 Å². The summed E-state index contributed by atoms with van der Waals surface area (Å²) in [5.74, 6) is -2.32. The number of aromatic hydroxyl groups is 2. The van der Waals surface area contributed by atoms with Gasteiger partial charge in [0.25, 0.3) is 20.2 Å². The van der Waals surface area contributed by atoms with E-state index in [4.69, 9.17) is 19.3 Å². The first-order valence-corrected chi connectivity index (χ1v) is 6.42. The van der Waals surface area contributed by atoms with Gasteiger partial charge in [0.1, 0.15) is 4.90 Å². The Bertz CT molecular complexity index is 638. The summed E-state index contributed by atoms with van der Waals surface area (Å²) >= 11 is 0. The monoisotopic (exact) mass is 310 g/mol. The van der Waals surface area contributed by atoms with Crippen LogP contribution in [0.5, 0.6) is 11.5 Å². The molecule has 92 valence electrons. The summed E-state index contributed by atoms with van der Waals surface area (Å²) in [4.78, 5) is -2.20. The maximum atomic E-state index is 10.7. The fourth-order valence-electron chi connectivity index (χ4n) is 0.914. The third-order valence-electron chi connectivity index (χ3n) is 1.60. The van der Waals surface area contributed by atoms with E-state index in [1.54, 1.807) is 0 Å². The predicted octanol–water partition coefficient (Wildman–Crippen LogP) is -3.29. The first kappa shape index (κ1) is 17.3. The quantitative estimate of drug-likeness (QED) is 0.252. The molecule has 1 rings (SSSR count). The minimum Gasteiger partial charge on any atom is -1.00 e. The molecule has 0 fully saturated rings. The van der Waals surface area contributed by atoms with Crippen LogP contribution in [0.25, 0.3) is 0 Å². The molecule has 0 radical (unpaired) electrons. The molecule has 0 unspecified atom stereocenters. The van der Waals surface area contributed by atoms with Crippen LogP contribution in [0.2, 0.25) is 0 Å². The maximum absolute atomic E-state index is 10.7. The van der Waals surface area contributed by atoms with Gasteiger partial charge in [0, 0.05) is 6.07 Å². The SMILES string of the molecule is O=S(=O)(O)c1cc(O)c(O)c(S(=O)(=O)O)c1.[H-].[K+]. The van der Waals surface area contributed by atoms with E-state index in [0.29, 0.717) is 12.1 Å². The van der Waals surface area contributed by atoms with Gasteiger partial charge < -0.3 is 11.6 Å². The van der Waals surface area contributed by atoms with Crippen LogP contribution in [0.15, 0.2) is 21.9 Å². The number of hydrogen-bond acceptors (Lipinski definition) is 6. The van der Waals surface area contributed by atoms with E-state index >= 15 is 0 Å². The van der Waals surface area contributed by atoms with Crippen molar-refractivity contribution in [2.45, 2.75) is 9.79 Å². The van der Waals surface area contributed by atoms with Crippen molar-refractivity contribution >= 4 is 20.2 Å². The molecule has 1 aromatic rings. The summed E-state index contributed by atoms with van der Waals surface area (Å²) in [6.45, 7) is 0. The number of rotatable bonds is 2. The second-order valence-corrected chi connectivity index (χ2v) is 5.55. The maximum Gasteiger partial charge on any atom is 1.00 e. The smallest absolute Gasteiger partial charge is 1.00 e. The Morgan fingerprint density at radius 2 is 1.41 bits per heavy atom. The zero-order valence-electron chi connectivity index (χ0n) is 9.39. The Kier molecular flexibility index (Phi) is 5.59. The molecule has 0 saturated heterocycles. The van der Waals surface area contributed by atoms with E-state index in [1.807, 2.05) is 0 Å². The zero-order chi connectivity index (χ0) is 12.7. The summed E-state index contributed by atoms with van der Waals surface area (Å²) in [6.07, 6.45) is 0. The van der Waals surface area contributed by atoms with Crippen LogP contribution in [0, 0.1) is 0 Å². The van der Waals surface area contributed by atoms with Crippen molar-refractivity contribution in [3.05, 3.63) is 12.1 Å². The van der Waals surface area contributed by atoms with Crippen molar-refractivity contribution in [2.24, 2.45) is 0 Å². The summed E-state index contributed by atoms with van der Waals surface area (Å²) in [7, 11) is -9.70. The third kappa shape index (κ3) is 4.15. The van der Waals surface area contributed by atoms with Crippen molar-refractivity contribution in [1.82, 2.24) is 0 Å². The molecule has 4 N–H and O–H groups in total.